The van der Waals surface area contributed by atoms with Crippen LogP contribution in [-0.2, 0) is 10.2 Å². The van der Waals surface area contributed by atoms with Crippen LogP contribution in [0.5, 0.6) is 5.75 Å². The summed E-state index contributed by atoms with van der Waals surface area (Å²) in [5, 5.41) is 3.02. The highest BCUT2D eigenvalue weighted by atomic mass is 28.4. The van der Waals surface area contributed by atoms with Gasteiger partial charge in [0.25, 0.3) is 8.32 Å². The lowest BCUT2D eigenvalue weighted by atomic mass is 9.85. The Bertz CT molecular complexity index is 647. The number of amides is 1. The molecule has 0 unspecified atom stereocenters. The average Bonchev–Trinajstić information content (AvgIpc) is 2.35. The van der Waals surface area contributed by atoms with Gasteiger partial charge in [0.2, 0.25) is 0 Å². The molecule has 0 aromatic heterocycles. The largest absolute Gasteiger partial charge is 0.542 e. The number of ether oxygens (including phenoxy) is 1. The summed E-state index contributed by atoms with van der Waals surface area (Å²) in [5.74, 6) is 0.717. The van der Waals surface area contributed by atoms with Crippen molar-refractivity contribution in [1.29, 1.82) is 0 Å². The molecule has 5 heteroatoms. The van der Waals surface area contributed by atoms with Crippen molar-refractivity contribution in [3.8, 4) is 5.75 Å². The van der Waals surface area contributed by atoms with Gasteiger partial charge >= 0.3 is 6.09 Å². The Labute approximate surface area is 160 Å². The van der Waals surface area contributed by atoms with Gasteiger partial charge in [-0.15, -0.1) is 0 Å². The Morgan fingerprint density at radius 2 is 1.50 bits per heavy atom. The molecule has 1 amide bonds. The third-order valence-corrected chi connectivity index (χ3v) is 8.97. The van der Waals surface area contributed by atoms with Crippen LogP contribution in [0.2, 0.25) is 18.1 Å². The fourth-order valence-corrected chi connectivity index (χ4v) is 3.23. The van der Waals surface area contributed by atoms with E-state index in [1.807, 2.05) is 39.0 Å². The Hall–Kier alpha value is -1.49. The fourth-order valence-electron chi connectivity index (χ4n) is 2.20. The van der Waals surface area contributed by atoms with Gasteiger partial charge in [-0.1, -0.05) is 53.7 Å². The van der Waals surface area contributed by atoms with Gasteiger partial charge in [-0.25, -0.2) is 4.79 Å². The summed E-state index contributed by atoms with van der Waals surface area (Å²) in [6, 6.07) is 5.96. The second-order valence-electron chi connectivity index (χ2n) is 10.4. The van der Waals surface area contributed by atoms with Crippen LogP contribution in [0.25, 0.3) is 0 Å². The minimum atomic E-state index is -2.05. The zero-order valence-corrected chi connectivity index (χ0v) is 19.5. The van der Waals surface area contributed by atoms with E-state index in [-0.39, 0.29) is 10.5 Å². The predicted molar refractivity (Wildman–Crippen MR) is 113 cm³/mol. The van der Waals surface area contributed by atoms with Crippen molar-refractivity contribution in [2.45, 2.75) is 91.5 Å². The predicted octanol–water partition coefficient (Wildman–Crippen LogP) is 6.72. The summed E-state index contributed by atoms with van der Waals surface area (Å²) in [6.07, 6.45) is -0.464. The fraction of sp³-hybridized carbons (Fsp3) is 0.667. The number of carbonyl (C=O) groups is 1. The molecule has 0 aliphatic carbocycles. The Balaban J connectivity index is 3.37. The first kappa shape index (κ1) is 22.5. The van der Waals surface area contributed by atoms with Crippen LogP contribution in [0.4, 0.5) is 10.5 Å². The van der Waals surface area contributed by atoms with E-state index in [0.29, 0.717) is 5.69 Å². The first-order valence-electron chi connectivity index (χ1n) is 9.26. The average molecular weight is 380 g/mol. The molecule has 0 saturated heterocycles. The summed E-state index contributed by atoms with van der Waals surface area (Å²) in [5.41, 5.74) is 1.04. The highest BCUT2D eigenvalue weighted by Gasteiger charge is 2.40. The molecule has 1 aromatic rings. The molecule has 4 nitrogen and oxygen atoms in total. The normalized spacial score (nSPS) is 13.3. The van der Waals surface area contributed by atoms with Crippen molar-refractivity contribution in [3.63, 3.8) is 0 Å². The molecule has 1 rings (SSSR count). The Morgan fingerprint density at radius 1 is 0.962 bits per heavy atom. The molecule has 0 radical (unpaired) electrons. The lowest BCUT2D eigenvalue weighted by Gasteiger charge is -2.37. The molecule has 0 aliphatic heterocycles. The maximum atomic E-state index is 12.4. The minimum Gasteiger partial charge on any atom is -0.542 e. The van der Waals surface area contributed by atoms with E-state index in [1.165, 1.54) is 0 Å². The molecular formula is C21H37NO3Si. The van der Waals surface area contributed by atoms with Crippen molar-refractivity contribution in [3.05, 3.63) is 23.8 Å². The van der Waals surface area contributed by atoms with Crippen LogP contribution in [-0.4, -0.2) is 20.0 Å². The minimum absolute atomic E-state index is 0.0634. The molecule has 0 atom stereocenters. The number of para-hydroxylation sites is 1. The van der Waals surface area contributed by atoms with Gasteiger partial charge in [0.15, 0.2) is 0 Å². The third kappa shape index (κ3) is 6.04. The Kier molecular flexibility index (Phi) is 6.29. The number of hydrogen-bond acceptors (Lipinski definition) is 3. The van der Waals surface area contributed by atoms with Crippen molar-refractivity contribution in [2.75, 3.05) is 5.32 Å². The highest BCUT2D eigenvalue weighted by Crippen LogP contribution is 2.42. The van der Waals surface area contributed by atoms with Gasteiger partial charge in [-0.05, 0) is 55.9 Å². The van der Waals surface area contributed by atoms with Crippen molar-refractivity contribution < 1.29 is 14.0 Å². The SMILES string of the molecule is CC(C)(C)OC(=O)Nc1c(O[Si](C)(C)C(C)(C)C)cccc1C(C)(C)C. The summed E-state index contributed by atoms with van der Waals surface area (Å²) in [4.78, 5) is 12.4. The van der Waals surface area contributed by atoms with E-state index >= 15 is 0 Å². The number of nitrogens with one attached hydrogen (secondary N) is 1. The van der Waals surface area contributed by atoms with Gasteiger partial charge in [0.05, 0.1) is 5.69 Å². The molecule has 0 bridgehead atoms. The zero-order chi connectivity index (χ0) is 20.6. The molecule has 148 valence electrons. The van der Waals surface area contributed by atoms with E-state index in [2.05, 4.69) is 60.0 Å². The van der Waals surface area contributed by atoms with E-state index in [4.69, 9.17) is 9.16 Å². The molecule has 1 N–H and O–H groups in total. The number of carbonyl (C=O) groups excluding carboxylic acids is 1. The number of hydrogen-bond donors (Lipinski definition) is 1. The molecule has 0 heterocycles. The molecule has 0 saturated carbocycles. The van der Waals surface area contributed by atoms with E-state index in [1.54, 1.807) is 0 Å². The highest BCUT2D eigenvalue weighted by molar-refractivity contribution is 6.74. The van der Waals surface area contributed by atoms with Crippen molar-refractivity contribution in [1.82, 2.24) is 0 Å². The summed E-state index contributed by atoms with van der Waals surface area (Å²) in [7, 11) is -2.05. The van der Waals surface area contributed by atoms with Gasteiger partial charge in [-0.3, -0.25) is 5.32 Å². The first-order chi connectivity index (χ1) is 11.4. The lowest BCUT2D eigenvalue weighted by Crippen LogP contribution is -2.44. The summed E-state index contributed by atoms with van der Waals surface area (Å²) in [6.45, 7) is 23.0. The maximum Gasteiger partial charge on any atom is 0.412 e. The van der Waals surface area contributed by atoms with Crippen LogP contribution in [0.15, 0.2) is 18.2 Å². The zero-order valence-electron chi connectivity index (χ0n) is 18.5. The number of benzene rings is 1. The number of anilines is 1. The van der Waals surface area contributed by atoms with Crippen LogP contribution in [0, 0.1) is 0 Å². The number of rotatable bonds is 3. The first-order valence-corrected chi connectivity index (χ1v) is 12.2. The van der Waals surface area contributed by atoms with E-state index in [9.17, 15) is 4.79 Å². The van der Waals surface area contributed by atoms with Crippen molar-refractivity contribution in [2.24, 2.45) is 0 Å². The topological polar surface area (TPSA) is 47.6 Å². The van der Waals surface area contributed by atoms with Gasteiger partial charge < -0.3 is 9.16 Å². The van der Waals surface area contributed by atoms with Crippen LogP contribution >= 0.6 is 0 Å². The molecule has 0 fully saturated rings. The van der Waals surface area contributed by atoms with Crippen molar-refractivity contribution >= 4 is 20.1 Å². The van der Waals surface area contributed by atoms with Crippen LogP contribution < -0.4 is 9.74 Å². The monoisotopic (exact) mass is 379 g/mol. The second-order valence-corrected chi connectivity index (χ2v) is 15.1. The van der Waals surface area contributed by atoms with Gasteiger partial charge in [-0.2, -0.15) is 0 Å². The smallest absolute Gasteiger partial charge is 0.412 e. The van der Waals surface area contributed by atoms with Crippen LogP contribution in [0.1, 0.15) is 67.9 Å². The molecule has 0 spiro atoms. The molecule has 1 aromatic carbocycles. The molecule has 26 heavy (non-hydrogen) atoms. The Morgan fingerprint density at radius 3 is 1.92 bits per heavy atom. The van der Waals surface area contributed by atoms with Gasteiger partial charge in [0, 0.05) is 0 Å². The standard InChI is InChI=1S/C21H37NO3Si/c1-19(2,3)15-13-12-14-16(25-26(10,11)21(7,8)9)17(15)22-18(23)24-20(4,5)6/h12-14H,1-11H3,(H,22,23). The van der Waals surface area contributed by atoms with Gasteiger partial charge in [0.1, 0.15) is 11.4 Å². The lowest BCUT2D eigenvalue weighted by molar-refractivity contribution is 0.0635. The second kappa shape index (κ2) is 7.26. The van der Waals surface area contributed by atoms with E-state index in [0.717, 1.165) is 11.3 Å². The molecular weight excluding hydrogens is 342 g/mol. The van der Waals surface area contributed by atoms with E-state index < -0.39 is 20.0 Å². The summed E-state index contributed by atoms with van der Waals surface area (Å²) < 4.78 is 12.0. The van der Waals surface area contributed by atoms with Crippen LogP contribution in [0.3, 0.4) is 0 Å². The quantitative estimate of drug-likeness (QED) is 0.593. The summed E-state index contributed by atoms with van der Waals surface area (Å²) >= 11 is 0. The molecule has 0 aliphatic rings. The third-order valence-electron chi connectivity index (χ3n) is 4.63. The maximum absolute atomic E-state index is 12.4.